The predicted octanol–water partition coefficient (Wildman–Crippen LogP) is 4.66. The van der Waals surface area contributed by atoms with Gasteiger partial charge < -0.3 is 5.32 Å². The Balaban J connectivity index is 2.12. The molecule has 0 aliphatic heterocycles. The van der Waals surface area contributed by atoms with Crippen molar-refractivity contribution in [3.8, 4) is 0 Å². The molecule has 0 amide bonds. The molecular formula is C15H21FIN. The SMILES string of the molecule is CCNC(CC1CCCC1)c1ccc(F)cc1I. The summed E-state index contributed by atoms with van der Waals surface area (Å²) in [4.78, 5) is 0. The van der Waals surface area contributed by atoms with Crippen LogP contribution in [0.5, 0.6) is 0 Å². The topological polar surface area (TPSA) is 12.0 Å². The Morgan fingerprint density at radius 3 is 2.72 bits per heavy atom. The van der Waals surface area contributed by atoms with Gasteiger partial charge in [0.05, 0.1) is 0 Å². The molecular weight excluding hydrogens is 340 g/mol. The zero-order chi connectivity index (χ0) is 13.0. The highest BCUT2D eigenvalue weighted by molar-refractivity contribution is 14.1. The van der Waals surface area contributed by atoms with Crippen LogP contribution in [0, 0.1) is 15.3 Å². The summed E-state index contributed by atoms with van der Waals surface area (Å²) in [7, 11) is 0. The van der Waals surface area contributed by atoms with Gasteiger partial charge in [0.15, 0.2) is 0 Å². The summed E-state index contributed by atoms with van der Waals surface area (Å²) in [6.45, 7) is 3.10. The van der Waals surface area contributed by atoms with E-state index in [4.69, 9.17) is 0 Å². The van der Waals surface area contributed by atoms with E-state index in [0.29, 0.717) is 6.04 Å². The largest absolute Gasteiger partial charge is 0.310 e. The summed E-state index contributed by atoms with van der Waals surface area (Å²) in [5, 5.41) is 3.56. The molecule has 1 saturated carbocycles. The summed E-state index contributed by atoms with van der Waals surface area (Å²) in [6, 6.07) is 5.54. The Kier molecular flexibility index (Phi) is 5.42. The van der Waals surface area contributed by atoms with Crippen LogP contribution in [-0.4, -0.2) is 6.54 Å². The van der Waals surface area contributed by atoms with E-state index in [2.05, 4.69) is 34.8 Å². The molecule has 1 aromatic carbocycles. The minimum atomic E-state index is -0.140. The quantitative estimate of drug-likeness (QED) is 0.752. The fourth-order valence-corrected chi connectivity index (χ4v) is 3.78. The minimum absolute atomic E-state index is 0.140. The zero-order valence-electron chi connectivity index (χ0n) is 10.9. The molecule has 100 valence electrons. The summed E-state index contributed by atoms with van der Waals surface area (Å²) in [6.07, 6.45) is 6.67. The predicted molar refractivity (Wildman–Crippen MR) is 82.1 cm³/mol. The maximum absolute atomic E-state index is 13.2. The zero-order valence-corrected chi connectivity index (χ0v) is 13.0. The molecule has 1 aliphatic rings. The molecule has 0 spiro atoms. The smallest absolute Gasteiger partial charge is 0.124 e. The van der Waals surface area contributed by atoms with Crippen LogP contribution < -0.4 is 5.32 Å². The lowest BCUT2D eigenvalue weighted by atomic mass is 9.93. The molecule has 1 nitrogen and oxygen atoms in total. The highest BCUT2D eigenvalue weighted by Crippen LogP contribution is 2.34. The second-order valence-electron chi connectivity index (χ2n) is 5.16. The van der Waals surface area contributed by atoms with Crippen molar-refractivity contribution in [1.82, 2.24) is 5.32 Å². The maximum atomic E-state index is 13.2. The summed E-state index contributed by atoms with van der Waals surface area (Å²) >= 11 is 2.25. The van der Waals surface area contributed by atoms with Crippen LogP contribution in [0.25, 0.3) is 0 Å². The van der Waals surface area contributed by atoms with E-state index in [1.807, 2.05) is 6.07 Å². The van der Waals surface area contributed by atoms with Gasteiger partial charge in [-0.1, -0.05) is 38.7 Å². The molecule has 0 bridgehead atoms. The van der Waals surface area contributed by atoms with Gasteiger partial charge in [-0.2, -0.15) is 0 Å². The summed E-state index contributed by atoms with van der Waals surface area (Å²) in [5.41, 5.74) is 1.26. The average molecular weight is 361 g/mol. The molecule has 1 aliphatic carbocycles. The van der Waals surface area contributed by atoms with Crippen molar-refractivity contribution in [2.24, 2.45) is 5.92 Å². The van der Waals surface area contributed by atoms with Gasteiger partial charge in [-0.15, -0.1) is 0 Å². The molecule has 2 rings (SSSR count). The van der Waals surface area contributed by atoms with E-state index in [9.17, 15) is 4.39 Å². The van der Waals surface area contributed by atoms with Crippen molar-refractivity contribution < 1.29 is 4.39 Å². The molecule has 1 aromatic rings. The highest BCUT2D eigenvalue weighted by atomic mass is 127. The Labute approximate surface area is 123 Å². The van der Waals surface area contributed by atoms with Gasteiger partial charge >= 0.3 is 0 Å². The van der Waals surface area contributed by atoms with Gasteiger partial charge in [-0.05, 0) is 59.2 Å². The Hall–Kier alpha value is -0.160. The lowest BCUT2D eigenvalue weighted by Crippen LogP contribution is -2.23. The Morgan fingerprint density at radius 1 is 1.39 bits per heavy atom. The third-order valence-corrected chi connectivity index (χ3v) is 4.77. The maximum Gasteiger partial charge on any atom is 0.124 e. The number of nitrogens with one attached hydrogen (secondary N) is 1. The van der Waals surface area contributed by atoms with Crippen LogP contribution in [0.4, 0.5) is 4.39 Å². The Bertz CT molecular complexity index is 388. The van der Waals surface area contributed by atoms with Crippen LogP contribution >= 0.6 is 22.6 Å². The van der Waals surface area contributed by atoms with Gasteiger partial charge in [-0.25, -0.2) is 4.39 Å². The van der Waals surface area contributed by atoms with E-state index in [-0.39, 0.29) is 5.82 Å². The van der Waals surface area contributed by atoms with Crippen LogP contribution in [-0.2, 0) is 0 Å². The molecule has 3 heteroatoms. The van der Waals surface area contributed by atoms with Crippen molar-refractivity contribution in [3.63, 3.8) is 0 Å². The second-order valence-corrected chi connectivity index (χ2v) is 6.32. The Morgan fingerprint density at radius 2 is 2.11 bits per heavy atom. The van der Waals surface area contributed by atoms with Crippen LogP contribution in [0.1, 0.15) is 50.6 Å². The molecule has 0 radical (unpaired) electrons. The lowest BCUT2D eigenvalue weighted by Gasteiger charge is -2.23. The number of rotatable bonds is 5. The monoisotopic (exact) mass is 361 g/mol. The highest BCUT2D eigenvalue weighted by Gasteiger charge is 2.22. The van der Waals surface area contributed by atoms with Crippen molar-refractivity contribution in [1.29, 1.82) is 0 Å². The molecule has 1 N–H and O–H groups in total. The normalized spacial score (nSPS) is 18.2. The third-order valence-electron chi connectivity index (χ3n) is 3.83. The number of hydrogen-bond acceptors (Lipinski definition) is 1. The first-order chi connectivity index (χ1) is 8.70. The van der Waals surface area contributed by atoms with Crippen molar-refractivity contribution in [3.05, 3.63) is 33.1 Å². The molecule has 0 saturated heterocycles. The molecule has 18 heavy (non-hydrogen) atoms. The molecule has 1 atom stereocenters. The number of halogens is 2. The van der Waals surface area contributed by atoms with Crippen molar-refractivity contribution >= 4 is 22.6 Å². The van der Waals surface area contributed by atoms with E-state index in [1.165, 1.54) is 37.7 Å². The lowest BCUT2D eigenvalue weighted by molar-refractivity contribution is 0.399. The fraction of sp³-hybridized carbons (Fsp3) is 0.600. The van der Waals surface area contributed by atoms with Crippen molar-refractivity contribution in [2.45, 2.75) is 45.1 Å². The minimum Gasteiger partial charge on any atom is -0.310 e. The van der Waals surface area contributed by atoms with Crippen LogP contribution in [0.2, 0.25) is 0 Å². The van der Waals surface area contributed by atoms with E-state index >= 15 is 0 Å². The molecule has 0 heterocycles. The standard InChI is InChI=1S/C15H21FIN/c1-2-18-15(9-11-5-3-4-6-11)13-8-7-12(16)10-14(13)17/h7-8,10-11,15,18H,2-6,9H2,1H3. The summed E-state index contributed by atoms with van der Waals surface area (Å²) in [5.74, 6) is 0.703. The third kappa shape index (κ3) is 3.67. The van der Waals surface area contributed by atoms with Crippen LogP contribution in [0.15, 0.2) is 18.2 Å². The molecule has 1 fully saturated rings. The summed E-state index contributed by atoms with van der Waals surface area (Å²) < 4.78 is 14.2. The van der Waals surface area contributed by atoms with E-state index < -0.39 is 0 Å². The van der Waals surface area contributed by atoms with Gasteiger partial charge in [0, 0.05) is 9.61 Å². The molecule has 0 aromatic heterocycles. The van der Waals surface area contributed by atoms with Gasteiger partial charge in [0.1, 0.15) is 5.82 Å². The molecule has 1 unspecified atom stereocenters. The number of benzene rings is 1. The van der Waals surface area contributed by atoms with Gasteiger partial charge in [-0.3, -0.25) is 0 Å². The second kappa shape index (κ2) is 6.85. The van der Waals surface area contributed by atoms with E-state index in [0.717, 1.165) is 16.0 Å². The number of hydrogen-bond donors (Lipinski definition) is 1. The van der Waals surface area contributed by atoms with Crippen molar-refractivity contribution in [2.75, 3.05) is 6.54 Å². The first-order valence-electron chi connectivity index (χ1n) is 6.89. The van der Waals surface area contributed by atoms with Gasteiger partial charge in [0.2, 0.25) is 0 Å². The van der Waals surface area contributed by atoms with Gasteiger partial charge in [0.25, 0.3) is 0 Å². The first-order valence-corrected chi connectivity index (χ1v) is 7.97. The fourth-order valence-electron chi connectivity index (χ4n) is 2.93. The average Bonchev–Trinajstić information content (AvgIpc) is 2.81. The van der Waals surface area contributed by atoms with Crippen LogP contribution in [0.3, 0.4) is 0 Å². The first kappa shape index (κ1) is 14.3. The van der Waals surface area contributed by atoms with E-state index in [1.54, 1.807) is 12.1 Å².